The largest absolute Gasteiger partial charge is 0.383 e. The first-order valence-corrected chi connectivity index (χ1v) is 12.5. The van der Waals surface area contributed by atoms with Crippen LogP contribution in [0.4, 0.5) is 10.1 Å². The molecule has 0 aliphatic carbocycles. The molecule has 0 saturated carbocycles. The Bertz CT molecular complexity index is 1470. The number of hydrogen-bond acceptors (Lipinski definition) is 6. The number of carbonyl (C=O) groups excluding carboxylic acids is 2. The lowest BCUT2D eigenvalue weighted by atomic mass is 10.1. The molecule has 0 aliphatic heterocycles. The van der Waals surface area contributed by atoms with E-state index in [1.807, 2.05) is 0 Å². The van der Waals surface area contributed by atoms with Gasteiger partial charge < -0.3 is 15.4 Å². The maximum Gasteiger partial charge on any atom is 0.262 e. The summed E-state index contributed by atoms with van der Waals surface area (Å²) in [5.41, 5.74) is 1.63. The van der Waals surface area contributed by atoms with Gasteiger partial charge in [0.25, 0.3) is 11.5 Å². The van der Waals surface area contributed by atoms with Gasteiger partial charge in [-0.25, -0.2) is 9.37 Å². The Hall–Kier alpha value is -4.02. The second-order valence-corrected chi connectivity index (χ2v) is 9.01. The second kappa shape index (κ2) is 12.3. The predicted octanol–water partition coefficient (Wildman–Crippen LogP) is 3.69. The van der Waals surface area contributed by atoms with Crippen molar-refractivity contribution in [2.24, 2.45) is 0 Å². The van der Waals surface area contributed by atoms with E-state index < -0.39 is 11.7 Å². The highest BCUT2D eigenvalue weighted by atomic mass is 32.2. The monoisotopic (exact) mass is 520 g/mol. The third-order valence-electron chi connectivity index (χ3n) is 5.46. The van der Waals surface area contributed by atoms with Gasteiger partial charge in [0.15, 0.2) is 5.16 Å². The fourth-order valence-corrected chi connectivity index (χ4v) is 4.39. The molecule has 10 heteroatoms. The third-order valence-corrected chi connectivity index (χ3v) is 6.43. The molecule has 0 aliphatic rings. The first kappa shape index (κ1) is 26.1. The maximum absolute atomic E-state index is 13.9. The Balaban J connectivity index is 1.55. The predicted molar refractivity (Wildman–Crippen MR) is 142 cm³/mol. The van der Waals surface area contributed by atoms with E-state index in [1.54, 1.807) is 61.7 Å². The van der Waals surface area contributed by atoms with Gasteiger partial charge >= 0.3 is 0 Å². The molecule has 0 atom stereocenters. The number of anilines is 1. The lowest BCUT2D eigenvalue weighted by Gasteiger charge is -2.14. The SMILES string of the molecule is COCCNC(=O)c1ccc(Cn2c(SCC(=O)Nc3ccccc3F)nc3ccccc3c2=O)cc1. The Morgan fingerprint density at radius 2 is 1.76 bits per heavy atom. The summed E-state index contributed by atoms with van der Waals surface area (Å²) in [5.74, 6) is -1.24. The number of aromatic nitrogens is 2. The van der Waals surface area contributed by atoms with E-state index in [4.69, 9.17) is 4.74 Å². The Morgan fingerprint density at radius 3 is 2.51 bits per heavy atom. The van der Waals surface area contributed by atoms with Gasteiger partial charge in [0, 0.05) is 19.2 Å². The molecule has 0 radical (unpaired) electrons. The number of halogens is 1. The molecule has 37 heavy (non-hydrogen) atoms. The molecule has 3 aromatic carbocycles. The van der Waals surface area contributed by atoms with Crippen LogP contribution in [0.1, 0.15) is 15.9 Å². The topological polar surface area (TPSA) is 102 Å². The van der Waals surface area contributed by atoms with Crippen molar-refractivity contribution in [3.63, 3.8) is 0 Å². The number of nitrogens with zero attached hydrogens (tertiary/aromatic N) is 2. The van der Waals surface area contributed by atoms with E-state index in [0.29, 0.717) is 34.8 Å². The standard InChI is InChI=1S/C27H25FN4O4S/c1-36-15-14-29-25(34)19-12-10-18(11-13-19)16-32-26(35)20-6-2-4-8-22(20)31-27(32)37-17-24(33)30-23-9-5-3-7-21(23)28/h2-13H,14-17H2,1H3,(H,29,34)(H,30,33). The molecule has 2 N–H and O–H groups in total. The van der Waals surface area contributed by atoms with E-state index in [9.17, 15) is 18.8 Å². The Morgan fingerprint density at radius 1 is 1.03 bits per heavy atom. The molecule has 190 valence electrons. The molecule has 1 heterocycles. The lowest BCUT2D eigenvalue weighted by molar-refractivity contribution is -0.113. The highest BCUT2D eigenvalue weighted by Gasteiger charge is 2.15. The zero-order valence-corrected chi connectivity index (χ0v) is 20.9. The van der Waals surface area contributed by atoms with Crippen LogP contribution in [0.3, 0.4) is 0 Å². The van der Waals surface area contributed by atoms with Gasteiger partial charge in [0.2, 0.25) is 5.91 Å². The minimum Gasteiger partial charge on any atom is -0.383 e. The van der Waals surface area contributed by atoms with E-state index in [0.717, 1.165) is 17.3 Å². The molecule has 0 bridgehead atoms. The van der Waals surface area contributed by atoms with Crippen molar-refractivity contribution in [1.82, 2.24) is 14.9 Å². The maximum atomic E-state index is 13.9. The number of thioether (sulfide) groups is 1. The Labute approximate surface area is 216 Å². The molecular formula is C27H25FN4O4S. The van der Waals surface area contributed by atoms with Crippen molar-refractivity contribution in [3.05, 3.63) is 100 Å². The number of amides is 2. The van der Waals surface area contributed by atoms with Crippen LogP contribution in [0.2, 0.25) is 0 Å². The smallest absolute Gasteiger partial charge is 0.262 e. The summed E-state index contributed by atoms with van der Waals surface area (Å²) in [6.45, 7) is 1.01. The molecule has 0 unspecified atom stereocenters. The number of ether oxygens (including phenoxy) is 1. The average Bonchev–Trinajstić information content (AvgIpc) is 2.91. The minimum atomic E-state index is -0.530. The molecule has 0 fully saturated rings. The highest BCUT2D eigenvalue weighted by Crippen LogP contribution is 2.20. The molecule has 4 aromatic rings. The zero-order valence-electron chi connectivity index (χ0n) is 20.1. The van der Waals surface area contributed by atoms with Crippen LogP contribution in [-0.4, -0.2) is 47.4 Å². The zero-order chi connectivity index (χ0) is 26.2. The lowest BCUT2D eigenvalue weighted by Crippen LogP contribution is -2.27. The number of methoxy groups -OCH3 is 1. The summed E-state index contributed by atoms with van der Waals surface area (Å²) < 4.78 is 20.3. The van der Waals surface area contributed by atoms with Crippen molar-refractivity contribution >= 4 is 40.2 Å². The first-order chi connectivity index (χ1) is 18.0. The quantitative estimate of drug-likeness (QED) is 0.188. The van der Waals surface area contributed by atoms with E-state index in [2.05, 4.69) is 15.6 Å². The van der Waals surface area contributed by atoms with Gasteiger partial charge in [-0.05, 0) is 42.0 Å². The van der Waals surface area contributed by atoms with Gasteiger partial charge in [-0.1, -0.05) is 48.2 Å². The van der Waals surface area contributed by atoms with Crippen molar-refractivity contribution in [2.75, 3.05) is 31.3 Å². The van der Waals surface area contributed by atoms with Crippen molar-refractivity contribution in [1.29, 1.82) is 0 Å². The van der Waals surface area contributed by atoms with Crippen LogP contribution in [-0.2, 0) is 16.1 Å². The van der Waals surface area contributed by atoms with Crippen LogP contribution in [0.5, 0.6) is 0 Å². The fourth-order valence-electron chi connectivity index (χ4n) is 3.59. The summed E-state index contributed by atoms with van der Waals surface area (Å²) in [4.78, 5) is 42.7. The fraction of sp³-hybridized carbons (Fsp3) is 0.185. The van der Waals surface area contributed by atoms with Gasteiger partial charge in [0.1, 0.15) is 5.82 Å². The van der Waals surface area contributed by atoms with Crippen LogP contribution in [0, 0.1) is 5.82 Å². The number of para-hydroxylation sites is 2. The molecule has 2 amide bonds. The molecule has 0 spiro atoms. The molecule has 8 nitrogen and oxygen atoms in total. The highest BCUT2D eigenvalue weighted by molar-refractivity contribution is 7.99. The number of nitrogens with one attached hydrogen (secondary N) is 2. The van der Waals surface area contributed by atoms with Crippen LogP contribution >= 0.6 is 11.8 Å². The molecule has 1 aromatic heterocycles. The van der Waals surface area contributed by atoms with Crippen LogP contribution in [0.15, 0.2) is 82.7 Å². The molecule has 0 saturated heterocycles. The van der Waals surface area contributed by atoms with Crippen LogP contribution in [0.25, 0.3) is 10.9 Å². The second-order valence-electron chi connectivity index (χ2n) is 8.07. The normalized spacial score (nSPS) is 10.9. The van der Waals surface area contributed by atoms with Crippen molar-refractivity contribution in [2.45, 2.75) is 11.7 Å². The number of benzene rings is 3. The van der Waals surface area contributed by atoms with Gasteiger partial charge in [-0.3, -0.25) is 19.0 Å². The van der Waals surface area contributed by atoms with Crippen molar-refractivity contribution < 1.29 is 18.7 Å². The van der Waals surface area contributed by atoms with Gasteiger partial charge in [-0.15, -0.1) is 0 Å². The molecular weight excluding hydrogens is 495 g/mol. The summed E-state index contributed by atoms with van der Waals surface area (Å²) in [5, 5.41) is 6.11. The average molecular weight is 521 g/mol. The van der Waals surface area contributed by atoms with Crippen molar-refractivity contribution in [3.8, 4) is 0 Å². The van der Waals surface area contributed by atoms with E-state index in [1.165, 1.54) is 22.8 Å². The molecule has 4 rings (SSSR count). The van der Waals surface area contributed by atoms with Gasteiger partial charge in [0.05, 0.1) is 35.5 Å². The minimum absolute atomic E-state index is 0.0697. The van der Waals surface area contributed by atoms with Gasteiger partial charge in [-0.2, -0.15) is 0 Å². The summed E-state index contributed by atoms with van der Waals surface area (Å²) in [6.07, 6.45) is 0. The van der Waals surface area contributed by atoms with Crippen LogP contribution < -0.4 is 16.2 Å². The summed E-state index contributed by atoms with van der Waals surface area (Å²) in [7, 11) is 1.56. The number of hydrogen-bond donors (Lipinski definition) is 2. The third kappa shape index (κ3) is 6.60. The summed E-state index contributed by atoms with van der Waals surface area (Å²) in [6, 6.07) is 19.8. The van der Waals surface area contributed by atoms with E-state index >= 15 is 0 Å². The summed E-state index contributed by atoms with van der Waals surface area (Å²) >= 11 is 1.09. The van der Waals surface area contributed by atoms with E-state index in [-0.39, 0.29) is 29.5 Å². The number of rotatable bonds is 10. The Kier molecular flexibility index (Phi) is 8.65. The first-order valence-electron chi connectivity index (χ1n) is 11.5. The number of fused-ring (bicyclic) bond motifs is 1. The number of carbonyl (C=O) groups is 2.